The summed E-state index contributed by atoms with van der Waals surface area (Å²) in [6.07, 6.45) is 0. The Bertz CT molecular complexity index is 54.0. The molecule has 0 saturated carbocycles. The summed E-state index contributed by atoms with van der Waals surface area (Å²) >= 11 is 0. The predicted octanol–water partition coefficient (Wildman–Crippen LogP) is -2.23. The maximum atomic E-state index is 8.69. The highest BCUT2D eigenvalue weighted by Crippen LogP contribution is 1.96. The van der Waals surface area contributed by atoms with Crippen molar-refractivity contribution < 1.29 is 15.3 Å². The number of nitrogens with zero attached hydrogens (tertiary/aromatic N) is 1. The third-order valence-electron chi connectivity index (χ3n) is 0.883. The highest BCUT2D eigenvalue weighted by atomic mass is 16.3. The third kappa shape index (κ3) is 1.75. The van der Waals surface area contributed by atoms with Gasteiger partial charge in [-0.1, -0.05) is 0 Å². The van der Waals surface area contributed by atoms with Gasteiger partial charge in [-0.2, -0.15) is 0 Å². The summed E-state index contributed by atoms with van der Waals surface area (Å²) in [5.74, 6) is 0. The van der Waals surface area contributed by atoms with E-state index in [1.165, 1.54) is 0 Å². The minimum Gasteiger partial charge on any atom is -0.394 e. The normalized spacial score (nSPS) is 12.0. The Balaban J connectivity index is 3.58. The van der Waals surface area contributed by atoms with Gasteiger partial charge in [0.15, 0.2) is 0 Å². The molecule has 3 N–H and O–H groups in total. The summed E-state index contributed by atoms with van der Waals surface area (Å²) in [7, 11) is 0. The van der Waals surface area contributed by atoms with E-state index in [0.29, 0.717) is 0 Å². The number of aliphatic hydroxyl groups is 3. The molecule has 0 aromatic rings. The molecule has 0 aliphatic heterocycles. The molecule has 0 aromatic heterocycles. The van der Waals surface area contributed by atoms with E-state index in [9.17, 15) is 0 Å². The molecule has 0 rings (SSSR count). The minimum atomic E-state index is -1.71. The first-order valence-electron chi connectivity index (χ1n) is 2.23. The van der Waals surface area contributed by atoms with Crippen LogP contribution in [0.1, 0.15) is 0 Å². The maximum Gasteiger partial charge on any atom is 0.123 e. The molecule has 0 fully saturated rings. The van der Waals surface area contributed by atoms with Crippen molar-refractivity contribution in [1.82, 2.24) is 5.73 Å². The molecule has 0 unspecified atom stereocenters. The standard InChI is InChI=1S/C4H9NO3/c5-4(1-6,2-7)3-8/h6-8H,1-3H2. The molecule has 4 heteroatoms. The zero-order valence-corrected chi connectivity index (χ0v) is 4.41. The summed E-state index contributed by atoms with van der Waals surface area (Å²) in [6.45, 7) is -1.88. The Morgan fingerprint density at radius 3 is 1.25 bits per heavy atom. The lowest BCUT2D eigenvalue weighted by Crippen LogP contribution is -2.43. The molecule has 0 atom stereocenters. The smallest absolute Gasteiger partial charge is 0.123 e. The first kappa shape index (κ1) is 7.84. The predicted molar refractivity (Wildman–Crippen MR) is 26.1 cm³/mol. The molecule has 0 saturated heterocycles. The van der Waals surface area contributed by atoms with E-state index in [0.717, 1.165) is 0 Å². The van der Waals surface area contributed by atoms with Crippen LogP contribution in [0.4, 0.5) is 0 Å². The van der Waals surface area contributed by atoms with Gasteiger partial charge in [0.25, 0.3) is 0 Å². The van der Waals surface area contributed by atoms with Crippen molar-refractivity contribution in [3.05, 3.63) is 0 Å². The fourth-order valence-corrected chi connectivity index (χ4v) is 0.150. The third-order valence-corrected chi connectivity index (χ3v) is 0.883. The zero-order valence-electron chi connectivity index (χ0n) is 4.41. The molecular formula is C4H9NO3. The Hall–Kier alpha value is -0.160. The van der Waals surface area contributed by atoms with Crippen LogP contribution in [0.5, 0.6) is 0 Å². The lowest BCUT2D eigenvalue weighted by atomic mass is 10.1. The van der Waals surface area contributed by atoms with Crippen LogP contribution >= 0.6 is 0 Å². The molecule has 0 spiro atoms. The SMILES string of the molecule is [N]C(CO)(CO)CO. The van der Waals surface area contributed by atoms with Crippen LogP contribution in [0.2, 0.25) is 0 Å². The second kappa shape index (κ2) is 2.99. The fraction of sp³-hybridized carbons (Fsp3) is 1.00. The van der Waals surface area contributed by atoms with Crippen molar-refractivity contribution in [3.63, 3.8) is 0 Å². The van der Waals surface area contributed by atoms with Crippen LogP contribution in [0.25, 0.3) is 0 Å². The molecule has 0 aliphatic carbocycles. The van der Waals surface area contributed by atoms with Crippen molar-refractivity contribution in [1.29, 1.82) is 0 Å². The van der Waals surface area contributed by atoms with Gasteiger partial charge >= 0.3 is 0 Å². The monoisotopic (exact) mass is 119 g/mol. The molecule has 0 aliphatic rings. The summed E-state index contributed by atoms with van der Waals surface area (Å²) in [6, 6.07) is 0. The lowest BCUT2D eigenvalue weighted by Gasteiger charge is -2.16. The van der Waals surface area contributed by atoms with Gasteiger partial charge in [0.2, 0.25) is 0 Å². The van der Waals surface area contributed by atoms with E-state index < -0.39 is 25.4 Å². The Kier molecular flexibility index (Phi) is 2.93. The maximum absolute atomic E-state index is 8.69. The first-order valence-corrected chi connectivity index (χ1v) is 2.23. The van der Waals surface area contributed by atoms with Crippen molar-refractivity contribution in [2.45, 2.75) is 5.54 Å². The summed E-state index contributed by atoms with van der Waals surface area (Å²) in [5.41, 5.74) is 6.98. The van der Waals surface area contributed by atoms with Crippen LogP contribution in [0.15, 0.2) is 0 Å². The average Bonchev–Trinajstić information content (AvgIpc) is 1.87. The molecule has 0 aromatic carbocycles. The quantitative estimate of drug-likeness (QED) is 0.393. The molecule has 0 heterocycles. The number of hydrogen-bond donors (Lipinski definition) is 3. The fourth-order valence-electron chi connectivity index (χ4n) is 0.150. The van der Waals surface area contributed by atoms with E-state index in [4.69, 9.17) is 21.1 Å². The number of rotatable bonds is 3. The topological polar surface area (TPSA) is 83.0 Å². The highest BCUT2D eigenvalue weighted by Gasteiger charge is 2.23. The van der Waals surface area contributed by atoms with Crippen LogP contribution in [0, 0.1) is 0 Å². The van der Waals surface area contributed by atoms with Gasteiger partial charge < -0.3 is 15.3 Å². The molecule has 0 amide bonds. The zero-order chi connectivity index (χ0) is 6.62. The van der Waals surface area contributed by atoms with Crippen LogP contribution in [-0.2, 0) is 0 Å². The van der Waals surface area contributed by atoms with Crippen molar-refractivity contribution >= 4 is 0 Å². The summed E-state index contributed by atoms with van der Waals surface area (Å²) in [4.78, 5) is 0. The Morgan fingerprint density at radius 2 is 1.25 bits per heavy atom. The van der Waals surface area contributed by atoms with Crippen molar-refractivity contribution in [2.24, 2.45) is 0 Å². The van der Waals surface area contributed by atoms with Gasteiger partial charge in [-0.05, 0) is 0 Å². The highest BCUT2D eigenvalue weighted by molar-refractivity contribution is 4.79. The van der Waals surface area contributed by atoms with E-state index in [1.807, 2.05) is 0 Å². The lowest BCUT2D eigenvalue weighted by molar-refractivity contribution is 0.0647. The molecule has 48 valence electrons. The van der Waals surface area contributed by atoms with E-state index >= 15 is 0 Å². The molecular weight excluding hydrogens is 110 g/mol. The second-order valence-electron chi connectivity index (χ2n) is 1.70. The van der Waals surface area contributed by atoms with Gasteiger partial charge in [-0.3, -0.25) is 0 Å². The van der Waals surface area contributed by atoms with Gasteiger partial charge in [0.05, 0.1) is 19.8 Å². The number of aliphatic hydroxyl groups excluding tert-OH is 3. The molecule has 4 nitrogen and oxygen atoms in total. The molecule has 0 bridgehead atoms. The molecule has 2 radical (unpaired) electrons. The van der Waals surface area contributed by atoms with Crippen molar-refractivity contribution in [2.75, 3.05) is 19.8 Å². The van der Waals surface area contributed by atoms with E-state index in [1.54, 1.807) is 0 Å². The average molecular weight is 119 g/mol. The second-order valence-corrected chi connectivity index (χ2v) is 1.70. The van der Waals surface area contributed by atoms with Gasteiger partial charge in [0.1, 0.15) is 5.54 Å². The first-order chi connectivity index (χ1) is 3.68. The summed E-state index contributed by atoms with van der Waals surface area (Å²) in [5, 5.41) is 24.6. The van der Waals surface area contributed by atoms with Gasteiger partial charge in [-0.25, -0.2) is 0 Å². The molecule has 8 heavy (non-hydrogen) atoms. The van der Waals surface area contributed by atoms with Crippen LogP contribution in [0.3, 0.4) is 0 Å². The summed E-state index contributed by atoms with van der Waals surface area (Å²) < 4.78 is 0. The Labute approximate surface area is 47.6 Å². The van der Waals surface area contributed by atoms with Crippen molar-refractivity contribution in [3.8, 4) is 0 Å². The minimum absolute atomic E-state index is 0.625. The number of hydrogen-bond acceptors (Lipinski definition) is 3. The largest absolute Gasteiger partial charge is 0.394 e. The van der Waals surface area contributed by atoms with E-state index in [2.05, 4.69) is 0 Å². The van der Waals surface area contributed by atoms with Gasteiger partial charge in [0, 0.05) is 0 Å². The Morgan fingerprint density at radius 1 is 1.00 bits per heavy atom. The van der Waals surface area contributed by atoms with E-state index in [-0.39, 0.29) is 0 Å². The van der Waals surface area contributed by atoms with Crippen LogP contribution in [-0.4, -0.2) is 40.7 Å². The van der Waals surface area contributed by atoms with Crippen LogP contribution < -0.4 is 5.73 Å². The van der Waals surface area contributed by atoms with Gasteiger partial charge in [-0.15, -0.1) is 5.73 Å².